The van der Waals surface area contributed by atoms with Crippen LogP contribution in [0.2, 0.25) is 0 Å². The molecule has 34 heavy (non-hydrogen) atoms. The number of carbonyl (C=O) groups excluding carboxylic acids is 2. The van der Waals surface area contributed by atoms with Crippen molar-refractivity contribution in [2.45, 2.75) is 51.2 Å². The van der Waals surface area contributed by atoms with Crippen LogP contribution in [0.1, 0.15) is 28.7 Å². The lowest BCUT2D eigenvalue weighted by Crippen LogP contribution is -2.54. The number of rotatable bonds is 12. The first kappa shape index (κ1) is 27.7. The number of hydrogen-bond acceptors (Lipinski definition) is 6. The van der Waals surface area contributed by atoms with Crippen LogP contribution < -0.4 is 22.1 Å². The summed E-state index contributed by atoms with van der Waals surface area (Å²) >= 11 is -1.12. The second kappa shape index (κ2) is 13.3. The SMILES string of the molecule is Cc1cc(O)cc(C)c1C[C@H](N)C(=O)N[C@H](CC[S+](C)[O-])C(=O)NC[C@@H](N)Cc1ccccc1. The molecular weight excluding hydrogens is 452 g/mol. The molecule has 186 valence electrons. The maximum Gasteiger partial charge on any atom is 0.242 e. The molecule has 2 amide bonds. The first-order valence-corrected chi connectivity index (χ1v) is 13.0. The summed E-state index contributed by atoms with van der Waals surface area (Å²) in [5.41, 5.74) is 15.9. The number of carbonyl (C=O) groups is 2. The third-order valence-corrected chi connectivity index (χ3v) is 6.46. The molecule has 0 heterocycles. The summed E-state index contributed by atoms with van der Waals surface area (Å²) in [7, 11) is 0. The Morgan fingerprint density at radius 3 is 2.26 bits per heavy atom. The number of benzene rings is 2. The highest BCUT2D eigenvalue weighted by Gasteiger charge is 2.26. The highest BCUT2D eigenvalue weighted by atomic mass is 32.2. The van der Waals surface area contributed by atoms with Crippen molar-refractivity contribution < 1.29 is 19.2 Å². The summed E-state index contributed by atoms with van der Waals surface area (Å²) in [6.45, 7) is 3.93. The molecule has 7 N–H and O–H groups in total. The number of aromatic hydroxyl groups is 1. The number of amides is 2. The van der Waals surface area contributed by atoms with Crippen LogP contribution in [0.4, 0.5) is 0 Å². The van der Waals surface area contributed by atoms with E-state index in [9.17, 15) is 19.2 Å². The van der Waals surface area contributed by atoms with Crippen molar-refractivity contribution in [1.29, 1.82) is 0 Å². The van der Waals surface area contributed by atoms with Gasteiger partial charge < -0.3 is 31.8 Å². The molecule has 0 aromatic heterocycles. The molecule has 0 bridgehead atoms. The molecule has 0 saturated heterocycles. The zero-order chi connectivity index (χ0) is 25.3. The van der Waals surface area contributed by atoms with Gasteiger partial charge in [-0.3, -0.25) is 9.59 Å². The minimum absolute atomic E-state index is 0.159. The number of nitrogens with one attached hydrogen (secondary N) is 2. The van der Waals surface area contributed by atoms with E-state index in [2.05, 4.69) is 10.6 Å². The largest absolute Gasteiger partial charge is 0.617 e. The van der Waals surface area contributed by atoms with Gasteiger partial charge in [-0.15, -0.1) is 0 Å². The minimum Gasteiger partial charge on any atom is -0.617 e. The molecule has 0 saturated carbocycles. The second-order valence-corrected chi connectivity index (χ2v) is 10.2. The smallest absolute Gasteiger partial charge is 0.242 e. The summed E-state index contributed by atoms with van der Waals surface area (Å²) in [4.78, 5) is 25.6. The van der Waals surface area contributed by atoms with E-state index >= 15 is 0 Å². The molecule has 2 aromatic carbocycles. The predicted molar refractivity (Wildman–Crippen MR) is 136 cm³/mol. The lowest BCUT2D eigenvalue weighted by atomic mass is 9.96. The van der Waals surface area contributed by atoms with Gasteiger partial charge in [0.05, 0.1) is 12.3 Å². The Morgan fingerprint density at radius 1 is 1.06 bits per heavy atom. The van der Waals surface area contributed by atoms with Gasteiger partial charge in [0.25, 0.3) is 0 Å². The molecule has 8 nitrogen and oxygen atoms in total. The van der Waals surface area contributed by atoms with Crippen molar-refractivity contribution in [3.05, 3.63) is 64.7 Å². The van der Waals surface area contributed by atoms with Crippen molar-refractivity contribution in [2.75, 3.05) is 18.6 Å². The van der Waals surface area contributed by atoms with Gasteiger partial charge in [0.15, 0.2) is 0 Å². The van der Waals surface area contributed by atoms with E-state index in [1.54, 1.807) is 18.4 Å². The highest BCUT2D eigenvalue weighted by molar-refractivity contribution is 7.90. The third-order valence-electron chi connectivity index (χ3n) is 5.65. The fourth-order valence-electron chi connectivity index (χ4n) is 3.78. The standard InChI is InChI=1S/C25H36N4O4S/c1-16-11-20(30)12-17(2)21(16)14-22(27)24(31)29-23(9-10-34(3)33)25(32)28-15-19(26)13-18-7-5-4-6-8-18/h4-8,11-12,19,22-23,30H,9-10,13-15,26-27H2,1-3H3,(H,28,32)(H,29,31)/t19-,22-,23+,34?/m0/s1. The van der Waals surface area contributed by atoms with Gasteiger partial charge >= 0.3 is 0 Å². The average molecular weight is 489 g/mol. The molecule has 0 spiro atoms. The summed E-state index contributed by atoms with van der Waals surface area (Å²) in [6, 6.07) is 10.9. The van der Waals surface area contributed by atoms with Crippen molar-refractivity contribution in [2.24, 2.45) is 11.5 Å². The van der Waals surface area contributed by atoms with E-state index in [0.29, 0.717) is 6.42 Å². The average Bonchev–Trinajstić information content (AvgIpc) is 2.77. The Kier molecular flexibility index (Phi) is 10.8. The molecule has 0 radical (unpaired) electrons. The van der Waals surface area contributed by atoms with Crippen LogP contribution in [-0.2, 0) is 33.6 Å². The summed E-state index contributed by atoms with van der Waals surface area (Å²) in [5, 5.41) is 15.2. The van der Waals surface area contributed by atoms with E-state index in [4.69, 9.17) is 11.5 Å². The zero-order valence-corrected chi connectivity index (χ0v) is 20.9. The summed E-state index contributed by atoms with van der Waals surface area (Å²) in [6.07, 6.45) is 2.64. The van der Waals surface area contributed by atoms with Crippen molar-refractivity contribution >= 4 is 23.0 Å². The number of phenols is 1. The molecule has 0 fully saturated rings. The Morgan fingerprint density at radius 2 is 1.68 bits per heavy atom. The monoisotopic (exact) mass is 488 g/mol. The van der Waals surface area contributed by atoms with Crippen molar-refractivity contribution in [3.63, 3.8) is 0 Å². The van der Waals surface area contributed by atoms with E-state index < -0.39 is 29.2 Å². The quantitative estimate of drug-likeness (QED) is 0.279. The van der Waals surface area contributed by atoms with Gasteiger partial charge in [0.2, 0.25) is 11.8 Å². The molecule has 1 unspecified atom stereocenters. The lowest BCUT2D eigenvalue weighted by Gasteiger charge is -2.22. The molecule has 9 heteroatoms. The number of hydrogen-bond donors (Lipinski definition) is 5. The van der Waals surface area contributed by atoms with Gasteiger partial charge in [-0.1, -0.05) is 41.5 Å². The number of aryl methyl sites for hydroxylation is 2. The summed E-state index contributed by atoms with van der Waals surface area (Å²) < 4.78 is 11.6. The number of phenolic OH excluding ortho intramolecular Hbond substituents is 1. The van der Waals surface area contributed by atoms with Crippen LogP contribution in [-0.4, -0.2) is 58.2 Å². The van der Waals surface area contributed by atoms with E-state index in [-0.39, 0.29) is 42.8 Å². The fourth-order valence-corrected chi connectivity index (χ4v) is 4.35. The van der Waals surface area contributed by atoms with Gasteiger partial charge in [0, 0.05) is 19.0 Å². The van der Waals surface area contributed by atoms with Crippen LogP contribution in [0, 0.1) is 13.8 Å². The Labute approximate surface area is 204 Å². The van der Waals surface area contributed by atoms with Crippen LogP contribution >= 0.6 is 0 Å². The normalized spacial score (nSPS) is 14.6. The van der Waals surface area contributed by atoms with Gasteiger partial charge in [-0.05, 0) is 61.1 Å². The maximum absolute atomic E-state index is 12.8. The van der Waals surface area contributed by atoms with Crippen molar-refractivity contribution in [3.8, 4) is 5.75 Å². The first-order valence-electron chi connectivity index (χ1n) is 11.3. The van der Waals surface area contributed by atoms with Crippen LogP contribution in [0.25, 0.3) is 0 Å². The molecule has 2 aromatic rings. The fraction of sp³-hybridized carbons (Fsp3) is 0.440. The van der Waals surface area contributed by atoms with E-state index in [1.807, 2.05) is 44.2 Å². The highest BCUT2D eigenvalue weighted by Crippen LogP contribution is 2.21. The van der Waals surface area contributed by atoms with Crippen LogP contribution in [0.5, 0.6) is 5.75 Å². The molecule has 0 aliphatic carbocycles. The van der Waals surface area contributed by atoms with Gasteiger partial charge in [0.1, 0.15) is 17.5 Å². The van der Waals surface area contributed by atoms with Crippen LogP contribution in [0.15, 0.2) is 42.5 Å². The summed E-state index contributed by atoms with van der Waals surface area (Å²) in [5.74, 6) is -0.430. The second-order valence-electron chi connectivity index (χ2n) is 8.69. The van der Waals surface area contributed by atoms with Crippen LogP contribution in [0.3, 0.4) is 0 Å². The minimum atomic E-state index is -1.12. The van der Waals surface area contributed by atoms with Gasteiger partial charge in [-0.25, -0.2) is 0 Å². The molecule has 0 aliphatic rings. The Hall–Kier alpha value is -2.59. The molecule has 4 atom stereocenters. The maximum atomic E-state index is 12.8. The first-order chi connectivity index (χ1) is 16.1. The molecule has 2 rings (SSSR count). The van der Waals surface area contributed by atoms with E-state index in [0.717, 1.165) is 22.3 Å². The lowest BCUT2D eigenvalue weighted by molar-refractivity contribution is -0.129. The Bertz CT molecular complexity index is 932. The third kappa shape index (κ3) is 8.98. The predicted octanol–water partition coefficient (Wildman–Crippen LogP) is 0.818. The van der Waals surface area contributed by atoms with Crippen molar-refractivity contribution in [1.82, 2.24) is 10.6 Å². The topological polar surface area (TPSA) is 154 Å². The molecule has 0 aliphatic heterocycles. The zero-order valence-electron chi connectivity index (χ0n) is 20.0. The number of nitrogens with two attached hydrogens (primary N) is 2. The van der Waals surface area contributed by atoms with E-state index in [1.165, 1.54) is 0 Å². The Balaban J connectivity index is 1.98. The van der Waals surface area contributed by atoms with Gasteiger partial charge in [-0.2, -0.15) is 0 Å². The molecular formula is C25H36N4O4S.